The van der Waals surface area contributed by atoms with Crippen LogP contribution in [-0.2, 0) is 15.9 Å². The molecule has 0 aliphatic heterocycles. The Morgan fingerprint density at radius 2 is 1.75 bits per heavy atom. The standard InChI is InChI=1S/CH3OS.Na.H/c1-3-2;;/h1H3;;/q+1;;. The van der Waals surface area contributed by atoms with Crippen LogP contribution in [0.25, 0.3) is 0 Å². The molecule has 0 saturated carbocycles. The van der Waals surface area contributed by atoms with E-state index in [9.17, 15) is 0 Å². The Morgan fingerprint density at radius 3 is 1.75 bits per heavy atom. The summed E-state index contributed by atoms with van der Waals surface area (Å²) in [6.07, 6.45) is 1.49. The molecule has 0 bridgehead atoms. The molecule has 0 unspecified atom stereocenters. The zero-order valence-electron chi connectivity index (χ0n) is 1.82. The van der Waals surface area contributed by atoms with E-state index in [1.54, 1.807) is 0 Å². The Balaban J connectivity index is 0. The molecular weight excluding hydrogens is 83.1 g/mol. The van der Waals surface area contributed by atoms with Gasteiger partial charge in [0.2, 0.25) is 6.26 Å². The van der Waals surface area contributed by atoms with Gasteiger partial charge in [0.1, 0.15) is 0 Å². The summed E-state index contributed by atoms with van der Waals surface area (Å²) in [7, 11) is 0. The predicted octanol–water partition coefficient (Wildman–Crippen LogP) is -0.604. The van der Waals surface area contributed by atoms with Gasteiger partial charge in [-0.05, 0) is 0 Å². The minimum absolute atomic E-state index is 0. The molecule has 0 aromatic rings. The number of rotatable bonds is 0. The van der Waals surface area contributed by atoms with Crippen LogP contribution in [0.1, 0.15) is 0 Å². The summed E-state index contributed by atoms with van der Waals surface area (Å²) >= 11 is 0.500. The first kappa shape index (κ1) is 8.89. The molecule has 4 heavy (non-hydrogen) atoms. The zero-order valence-corrected chi connectivity index (χ0v) is 2.63. The molecule has 0 aromatic carbocycles. The zero-order chi connectivity index (χ0) is 2.71. The van der Waals surface area contributed by atoms with Gasteiger partial charge in [-0.1, -0.05) is 0 Å². The van der Waals surface area contributed by atoms with Crippen LogP contribution in [-0.4, -0.2) is 35.8 Å². The van der Waals surface area contributed by atoms with Crippen LogP contribution in [0.5, 0.6) is 0 Å². The summed E-state index contributed by atoms with van der Waals surface area (Å²) in [5.74, 6) is 0. The summed E-state index contributed by atoms with van der Waals surface area (Å²) in [6, 6.07) is 0. The fraction of sp³-hybridized carbons (Fsp3) is 1.00. The van der Waals surface area contributed by atoms with Gasteiger partial charge in [-0.15, -0.1) is 0 Å². The van der Waals surface area contributed by atoms with Gasteiger partial charge in [0.25, 0.3) is 0 Å². The van der Waals surface area contributed by atoms with Crippen LogP contribution in [0.2, 0.25) is 0 Å². The molecule has 20 valence electrons. The van der Waals surface area contributed by atoms with Crippen LogP contribution in [0.4, 0.5) is 0 Å². The van der Waals surface area contributed by atoms with Crippen LogP contribution in [0.3, 0.4) is 0 Å². The van der Waals surface area contributed by atoms with Crippen LogP contribution in [0.15, 0.2) is 0 Å². The molecule has 0 N–H and O–H groups in total. The van der Waals surface area contributed by atoms with Gasteiger partial charge in [-0.2, -0.15) is 0 Å². The second kappa shape index (κ2) is 8.99. The molecule has 0 aliphatic carbocycles. The van der Waals surface area contributed by atoms with Crippen LogP contribution in [0, 0.1) is 0 Å². The van der Waals surface area contributed by atoms with E-state index in [0.29, 0.717) is 11.7 Å². The normalized spacial score (nSPS) is 3.25. The van der Waals surface area contributed by atoms with Crippen molar-refractivity contribution in [2.45, 2.75) is 0 Å². The first-order chi connectivity index (χ1) is 1.41. The maximum absolute atomic E-state index is 8.85. The summed E-state index contributed by atoms with van der Waals surface area (Å²) in [4.78, 5) is 0. The Labute approximate surface area is 51.6 Å². The molecule has 0 aliphatic rings. The van der Waals surface area contributed by atoms with Gasteiger partial charge in [0.15, 0.2) is 0 Å². The second-order valence-electron chi connectivity index (χ2n) is 0.167. The third kappa shape index (κ3) is 11.8. The van der Waals surface area contributed by atoms with Crippen molar-refractivity contribution in [1.29, 1.82) is 0 Å². The van der Waals surface area contributed by atoms with E-state index in [1.165, 1.54) is 6.26 Å². The van der Waals surface area contributed by atoms with E-state index in [1.807, 2.05) is 0 Å². The number of hydrogen-bond acceptors (Lipinski definition) is 1. The van der Waals surface area contributed by atoms with Crippen molar-refractivity contribution in [2.24, 2.45) is 0 Å². The molecule has 0 heterocycles. The molecule has 0 aromatic heterocycles. The van der Waals surface area contributed by atoms with E-state index in [4.69, 9.17) is 4.21 Å². The van der Waals surface area contributed by atoms with Crippen molar-refractivity contribution >= 4 is 41.2 Å². The van der Waals surface area contributed by atoms with Crippen molar-refractivity contribution in [2.75, 3.05) is 6.26 Å². The summed E-state index contributed by atoms with van der Waals surface area (Å²) < 4.78 is 8.85. The summed E-state index contributed by atoms with van der Waals surface area (Å²) in [5.41, 5.74) is 0. The average Bonchev–Trinajstić information content (AvgIpc) is 0.918. The van der Waals surface area contributed by atoms with Crippen molar-refractivity contribution in [3.8, 4) is 0 Å². The Kier molecular flexibility index (Phi) is 20.0. The van der Waals surface area contributed by atoms with Crippen molar-refractivity contribution in [1.82, 2.24) is 0 Å². The quantitative estimate of drug-likeness (QED) is 0.285. The fourth-order valence-electron chi connectivity index (χ4n) is 0. The second-order valence-corrected chi connectivity index (χ2v) is 0.500. The number of hydrogen-bond donors (Lipinski definition) is 0. The Morgan fingerprint density at radius 1 is 1.75 bits per heavy atom. The van der Waals surface area contributed by atoms with Crippen LogP contribution >= 0.6 is 0 Å². The minimum atomic E-state index is 0. The van der Waals surface area contributed by atoms with E-state index in [-0.39, 0.29) is 29.6 Å². The van der Waals surface area contributed by atoms with E-state index in [2.05, 4.69) is 0 Å². The topological polar surface area (TPSA) is 17.1 Å². The molecule has 0 saturated heterocycles. The average molecular weight is 87.1 g/mol. The van der Waals surface area contributed by atoms with Gasteiger partial charge in [0.05, 0.1) is 0 Å². The van der Waals surface area contributed by atoms with Gasteiger partial charge < -0.3 is 0 Å². The third-order valence-corrected chi connectivity index (χ3v) is 0. The monoisotopic (exact) mass is 87.0 g/mol. The van der Waals surface area contributed by atoms with Gasteiger partial charge in [0, 0.05) is 4.21 Å². The SMILES string of the molecule is C[S+]=O.[NaH]. The Bertz CT molecular complexity index is 15.5. The van der Waals surface area contributed by atoms with E-state index >= 15 is 0 Å². The molecule has 3 heteroatoms. The maximum atomic E-state index is 8.85. The third-order valence-electron chi connectivity index (χ3n) is 0. The molecule has 0 atom stereocenters. The van der Waals surface area contributed by atoms with Gasteiger partial charge in [-0.25, -0.2) is 0 Å². The Hall–Kier alpha value is 1.02. The molecule has 0 rings (SSSR count). The first-order valence-corrected chi connectivity index (χ1v) is 1.72. The predicted molar refractivity (Wildman–Crippen MR) is 21.1 cm³/mol. The molecule has 0 spiro atoms. The van der Waals surface area contributed by atoms with E-state index in [0.717, 1.165) is 0 Å². The van der Waals surface area contributed by atoms with Crippen molar-refractivity contribution in [3.05, 3.63) is 0 Å². The first-order valence-electron chi connectivity index (χ1n) is 0.575. The van der Waals surface area contributed by atoms with Crippen LogP contribution < -0.4 is 0 Å². The fourth-order valence-corrected chi connectivity index (χ4v) is 0. The molecule has 1 nitrogen and oxygen atoms in total. The molecule has 0 amide bonds. The van der Waals surface area contributed by atoms with Crippen molar-refractivity contribution in [3.63, 3.8) is 0 Å². The summed E-state index contributed by atoms with van der Waals surface area (Å²) in [5, 5.41) is 0. The van der Waals surface area contributed by atoms with Crippen molar-refractivity contribution < 1.29 is 4.21 Å². The molecule has 0 radical (unpaired) electrons. The molecular formula is CH4NaOS+. The van der Waals surface area contributed by atoms with E-state index < -0.39 is 0 Å². The van der Waals surface area contributed by atoms with Gasteiger partial charge >= 0.3 is 41.2 Å². The summed E-state index contributed by atoms with van der Waals surface area (Å²) in [6.45, 7) is 0. The van der Waals surface area contributed by atoms with Gasteiger partial charge in [-0.3, -0.25) is 0 Å². The molecule has 0 fully saturated rings.